The maximum atomic E-state index is 11.2. The molecule has 106 valence electrons. The minimum atomic E-state index is -1.09. The zero-order chi connectivity index (χ0) is 14.4. The Morgan fingerprint density at radius 3 is 2.58 bits per heavy atom. The average Bonchev–Trinajstić information content (AvgIpc) is 2.63. The standard InChI is InChI=1S/C11H17BO7/c1-6(14)2-3-8(15)17-5-18-10-9(16)7(4-13)19-11(10)12/h7,9-11,13,16H,2-5H2,1H3/t7-,9?,10?,11-/m1/s1. The van der Waals surface area contributed by atoms with Crippen LogP contribution in [0.25, 0.3) is 0 Å². The highest BCUT2D eigenvalue weighted by Crippen LogP contribution is 2.21. The minimum absolute atomic E-state index is 0.0201. The fraction of sp³-hybridized carbons (Fsp3) is 0.818. The van der Waals surface area contributed by atoms with E-state index in [2.05, 4.69) is 0 Å². The Kier molecular flexibility index (Phi) is 6.43. The predicted octanol–water partition coefficient (Wildman–Crippen LogP) is -1.51. The molecule has 1 aliphatic heterocycles. The quantitative estimate of drug-likeness (QED) is 0.330. The predicted molar refractivity (Wildman–Crippen MR) is 63.3 cm³/mol. The number of hydrogen-bond acceptors (Lipinski definition) is 7. The second-order valence-electron chi connectivity index (χ2n) is 4.28. The smallest absolute Gasteiger partial charge is 0.308 e. The van der Waals surface area contributed by atoms with Crippen molar-refractivity contribution in [3.63, 3.8) is 0 Å². The molecule has 1 heterocycles. The lowest BCUT2D eigenvalue weighted by Gasteiger charge is -2.18. The highest BCUT2D eigenvalue weighted by atomic mass is 16.7. The average molecular weight is 272 g/mol. The number of esters is 1. The van der Waals surface area contributed by atoms with Gasteiger partial charge in [-0.15, -0.1) is 0 Å². The van der Waals surface area contributed by atoms with Gasteiger partial charge in [-0.25, -0.2) is 0 Å². The fourth-order valence-electron chi connectivity index (χ4n) is 1.64. The lowest BCUT2D eigenvalue weighted by atomic mass is 9.93. The topological polar surface area (TPSA) is 102 Å². The van der Waals surface area contributed by atoms with Crippen LogP contribution in [0.1, 0.15) is 19.8 Å². The largest absolute Gasteiger partial charge is 0.438 e. The summed E-state index contributed by atoms with van der Waals surface area (Å²) in [6.45, 7) is 0.602. The van der Waals surface area contributed by atoms with Crippen molar-refractivity contribution < 1.29 is 34.0 Å². The molecule has 1 fully saturated rings. The summed E-state index contributed by atoms with van der Waals surface area (Å²) in [5, 5.41) is 18.6. The third-order valence-electron chi connectivity index (χ3n) is 2.71. The Labute approximate surface area is 112 Å². The van der Waals surface area contributed by atoms with Crippen LogP contribution < -0.4 is 0 Å². The maximum Gasteiger partial charge on any atom is 0.308 e. The molecule has 19 heavy (non-hydrogen) atoms. The first-order valence-corrected chi connectivity index (χ1v) is 5.92. The van der Waals surface area contributed by atoms with E-state index in [1.54, 1.807) is 0 Å². The molecule has 0 amide bonds. The number of carbonyl (C=O) groups excluding carboxylic acids is 2. The van der Waals surface area contributed by atoms with Crippen LogP contribution >= 0.6 is 0 Å². The van der Waals surface area contributed by atoms with Crippen molar-refractivity contribution in [3.8, 4) is 0 Å². The Morgan fingerprint density at radius 1 is 1.37 bits per heavy atom. The molecule has 0 aromatic carbocycles. The van der Waals surface area contributed by atoms with Crippen LogP contribution in [0.15, 0.2) is 0 Å². The number of aliphatic hydroxyl groups is 2. The van der Waals surface area contributed by atoms with Gasteiger partial charge in [-0.05, 0) is 6.92 Å². The highest BCUT2D eigenvalue weighted by Gasteiger charge is 2.41. The zero-order valence-corrected chi connectivity index (χ0v) is 10.7. The lowest BCUT2D eigenvalue weighted by molar-refractivity contribution is -0.166. The number of Topliss-reactive ketones (excluding diaryl/α,β-unsaturated/α-hetero) is 1. The van der Waals surface area contributed by atoms with Gasteiger partial charge in [0.2, 0.25) is 0 Å². The first kappa shape index (κ1) is 16.1. The summed E-state index contributed by atoms with van der Waals surface area (Å²) in [5.41, 5.74) is 0. The number of ether oxygens (including phenoxy) is 3. The van der Waals surface area contributed by atoms with E-state index in [1.807, 2.05) is 0 Å². The van der Waals surface area contributed by atoms with Gasteiger partial charge in [0.1, 0.15) is 31.9 Å². The van der Waals surface area contributed by atoms with Gasteiger partial charge in [-0.2, -0.15) is 0 Å². The molecule has 0 aromatic rings. The summed E-state index contributed by atoms with van der Waals surface area (Å²) in [6, 6.07) is -0.900. The monoisotopic (exact) mass is 272 g/mol. The van der Waals surface area contributed by atoms with E-state index < -0.39 is 37.1 Å². The molecule has 2 unspecified atom stereocenters. The van der Waals surface area contributed by atoms with Crippen molar-refractivity contribution in [1.29, 1.82) is 0 Å². The molecule has 0 bridgehead atoms. The van der Waals surface area contributed by atoms with Gasteiger partial charge in [0.05, 0.1) is 13.0 Å². The Morgan fingerprint density at radius 2 is 2.05 bits per heavy atom. The van der Waals surface area contributed by atoms with Crippen molar-refractivity contribution in [2.24, 2.45) is 0 Å². The first-order valence-electron chi connectivity index (χ1n) is 5.92. The zero-order valence-electron chi connectivity index (χ0n) is 10.7. The molecule has 0 saturated carbocycles. The number of carbonyl (C=O) groups is 2. The van der Waals surface area contributed by atoms with Crippen LogP contribution in [0.4, 0.5) is 0 Å². The molecule has 0 aliphatic carbocycles. The summed E-state index contributed by atoms with van der Waals surface area (Å²) >= 11 is 0. The third-order valence-corrected chi connectivity index (χ3v) is 2.71. The molecule has 1 rings (SSSR count). The minimum Gasteiger partial charge on any atom is -0.438 e. The van der Waals surface area contributed by atoms with E-state index in [0.29, 0.717) is 0 Å². The number of ketones is 1. The highest BCUT2D eigenvalue weighted by molar-refractivity contribution is 6.11. The molecule has 2 N–H and O–H groups in total. The second-order valence-corrected chi connectivity index (χ2v) is 4.28. The van der Waals surface area contributed by atoms with Gasteiger partial charge in [-0.1, -0.05) is 0 Å². The molecule has 7 nitrogen and oxygen atoms in total. The van der Waals surface area contributed by atoms with E-state index in [0.717, 1.165) is 0 Å². The van der Waals surface area contributed by atoms with E-state index in [1.165, 1.54) is 6.92 Å². The van der Waals surface area contributed by atoms with Crippen LogP contribution in [-0.4, -0.2) is 67.5 Å². The molecule has 1 saturated heterocycles. The van der Waals surface area contributed by atoms with Gasteiger partial charge in [-0.3, -0.25) is 4.79 Å². The summed E-state index contributed by atoms with van der Waals surface area (Å²) in [6.07, 6.45) is -2.68. The van der Waals surface area contributed by atoms with Crippen LogP contribution in [0.3, 0.4) is 0 Å². The SMILES string of the molecule is [B][C@@H]1O[C@H](CO)C(O)C1OCOC(=O)CCC(C)=O. The Balaban J connectivity index is 2.25. The van der Waals surface area contributed by atoms with Gasteiger partial charge in [0.15, 0.2) is 6.79 Å². The summed E-state index contributed by atoms with van der Waals surface area (Å²) in [7, 11) is 5.55. The normalized spacial score (nSPS) is 30.3. The van der Waals surface area contributed by atoms with Crippen LogP contribution in [-0.2, 0) is 23.8 Å². The first-order chi connectivity index (χ1) is 8.95. The summed E-state index contributed by atoms with van der Waals surface area (Å²) in [4.78, 5) is 21.8. The van der Waals surface area contributed by atoms with Gasteiger partial charge in [0, 0.05) is 12.4 Å². The molecular formula is C11H17BO7. The molecule has 4 atom stereocenters. The van der Waals surface area contributed by atoms with Crippen LogP contribution in [0.5, 0.6) is 0 Å². The van der Waals surface area contributed by atoms with E-state index in [4.69, 9.17) is 27.2 Å². The lowest BCUT2D eigenvalue weighted by Crippen LogP contribution is -2.37. The van der Waals surface area contributed by atoms with Crippen molar-refractivity contribution in [2.45, 2.75) is 44.1 Å². The molecule has 1 aliphatic rings. The van der Waals surface area contributed by atoms with Crippen LogP contribution in [0.2, 0.25) is 0 Å². The summed E-state index contributed by atoms with van der Waals surface area (Å²) < 4.78 is 14.9. The second kappa shape index (κ2) is 7.59. The van der Waals surface area contributed by atoms with Crippen molar-refractivity contribution >= 4 is 19.6 Å². The van der Waals surface area contributed by atoms with Crippen molar-refractivity contribution in [3.05, 3.63) is 0 Å². The number of aliphatic hydroxyl groups excluding tert-OH is 2. The van der Waals surface area contributed by atoms with E-state index in [9.17, 15) is 14.7 Å². The number of hydrogen-bond donors (Lipinski definition) is 2. The Bertz CT molecular complexity index is 322. The molecule has 8 heteroatoms. The number of rotatable bonds is 7. The molecule has 2 radical (unpaired) electrons. The van der Waals surface area contributed by atoms with E-state index in [-0.39, 0.29) is 25.2 Å². The van der Waals surface area contributed by atoms with Gasteiger partial charge in [0.25, 0.3) is 0 Å². The van der Waals surface area contributed by atoms with Crippen molar-refractivity contribution in [2.75, 3.05) is 13.4 Å². The van der Waals surface area contributed by atoms with E-state index >= 15 is 0 Å². The maximum absolute atomic E-state index is 11.2. The van der Waals surface area contributed by atoms with Crippen molar-refractivity contribution in [1.82, 2.24) is 0 Å². The fourth-order valence-corrected chi connectivity index (χ4v) is 1.64. The molecular weight excluding hydrogens is 255 g/mol. The Hall–Kier alpha value is -0.955. The van der Waals surface area contributed by atoms with Crippen LogP contribution in [0, 0.1) is 0 Å². The third kappa shape index (κ3) is 4.91. The van der Waals surface area contributed by atoms with Gasteiger partial charge < -0.3 is 29.2 Å². The van der Waals surface area contributed by atoms with Gasteiger partial charge >= 0.3 is 5.97 Å². The molecule has 0 spiro atoms. The summed E-state index contributed by atoms with van der Waals surface area (Å²) in [5.74, 6) is -0.679. The molecule has 0 aromatic heterocycles.